The normalized spacial score (nSPS) is 13.9. The summed E-state index contributed by atoms with van der Waals surface area (Å²) in [5, 5.41) is 22.1. The van der Waals surface area contributed by atoms with Crippen LogP contribution < -0.4 is 5.32 Å². The number of rotatable bonds is 6. The number of aliphatic hydroxyl groups is 2. The first kappa shape index (κ1) is 16.3. The molecular formula is C15H21NO4. The monoisotopic (exact) mass is 279 g/mol. The number of amides is 1. The molecule has 2 atom stereocenters. The first-order chi connectivity index (χ1) is 9.32. The van der Waals surface area contributed by atoms with Gasteiger partial charge in [-0.3, -0.25) is 9.59 Å². The molecule has 0 radical (unpaired) electrons. The Morgan fingerprint density at radius 2 is 1.70 bits per heavy atom. The maximum absolute atomic E-state index is 11.8. The number of carbonyl (C=O) groups excluding carboxylic acids is 2. The van der Waals surface area contributed by atoms with Crippen LogP contribution in [0.4, 0.5) is 0 Å². The highest BCUT2D eigenvalue weighted by Crippen LogP contribution is 2.18. The van der Waals surface area contributed by atoms with Crippen molar-refractivity contribution in [2.24, 2.45) is 5.92 Å². The number of aliphatic hydroxyl groups excluding tert-OH is 2. The predicted octanol–water partition coefficient (Wildman–Crippen LogP) is 1.06. The first-order valence-corrected chi connectivity index (χ1v) is 6.57. The summed E-state index contributed by atoms with van der Waals surface area (Å²) in [6, 6.07) is 6.48. The number of hydrogen-bond acceptors (Lipinski definition) is 4. The summed E-state index contributed by atoms with van der Waals surface area (Å²) >= 11 is 0. The van der Waals surface area contributed by atoms with E-state index in [0.29, 0.717) is 11.1 Å². The summed E-state index contributed by atoms with van der Waals surface area (Å²) in [6.07, 6.45) is -2.20. The van der Waals surface area contributed by atoms with Gasteiger partial charge in [-0.2, -0.15) is 0 Å². The van der Waals surface area contributed by atoms with Gasteiger partial charge in [0.25, 0.3) is 0 Å². The van der Waals surface area contributed by atoms with E-state index in [1.165, 1.54) is 6.92 Å². The summed E-state index contributed by atoms with van der Waals surface area (Å²) in [5.74, 6) is -0.324. The van der Waals surface area contributed by atoms with Crippen LogP contribution in [-0.4, -0.2) is 34.6 Å². The molecule has 0 saturated carbocycles. The van der Waals surface area contributed by atoms with E-state index in [1.54, 1.807) is 24.3 Å². The summed E-state index contributed by atoms with van der Waals surface area (Å²) in [4.78, 5) is 22.5. The Morgan fingerprint density at radius 1 is 1.15 bits per heavy atom. The fourth-order valence-corrected chi connectivity index (χ4v) is 1.76. The van der Waals surface area contributed by atoms with Crippen LogP contribution in [0.15, 0.2) is 24.3 Å². The minimum Gasteiger partial charge on any atom is -0.388 e. The van der Waals surface area contributed by atoms with Crippen LogP contribution >= 0.6 is 0 Å². The zero-order chi connectivity index (χ0) is 15.3. The summed E-state index contributed by atoms with van der Waals surface area (Å²) in [7, 11) is 0. The van der Waals surface area contributed by atoms with Gasteiger partial charge in [0.1, 0.15) is 12.2 Å². The zero-order valence-corrected chi connectivity index (χ0v) is 12.0. The molecule has 0 bridgehead atoms. The minimum atomic E-state index is -1.11. The van der Waals surface area contributed by atoms with E-state index in [9.17, 15) is 19.8 Å². The van der Waals surface area contributed by atoms with Crippen LogP contribution in [-0.2, 0) is 4.79 Å². The molecule has 0 aliphatic heterocycles. The maximum Gasteiger partial charge on any atom is 0.216 e. The number of carbonyl (C=O) groups is 2. The third kappa shape index (κ3) is 4.43. The van der Waals surface area contributed by atoms with E-state index in [0.717, 1.165) is 0 Å². The number of Topliss-reactive ketones (excluding diaryl/α,β-unsaturated/α-hetero) is 1. The molecule has 0 aliphatic rings. The van der Waals surface area contributed by atoms with Gasteiger partial charge in [-0.25, -0.2) is 0 Å². The molecule has 0 aromatic heterocycles. The van der Waals surface area contributed by atoms with Crippen LogP contribution in [0.3, 0.4) is 0 Å². The molecule has 5 heteroatoms. The molecule has 1 aromatic carbocycles. The Hall–Kier alpha value is -1.72. The Balaban J connectivity index is 2.72. The highest BCUT2D eigenvalue weighted by atomic mass is 16.3. The fourth-order valence-electron chi connectivity index (χ4n) is 1.76. The van der Waals surface area contributed by atoms with E-state index < -0.39 is 12.2 Å². The van der Waals surface area contributed by atoms with Crippen molar-refractivity contribution in [3.63, 3.8) is 0 Å². The molecule has 0 aliphatic carbocycles. The van der Waals surface area contributed by atoms with Crippen molar-refractivity contribution >= 4 is 11.7 Å². The second-order valence-electron chi connectivity index (χ2n) is 5.09. The molecule has 2 unspecified atom stereocenters. The number of benzene rings is 1. The second kappa shape index (κ2) is 7.17. The van der Waals surface area contributed by atoms with E-state index >= 15 is 0 Å². The highest BCUT2D eigenvalue weighted by molar-refractivity contribution is 5.97. The van der Waals surface area contributed by atoms with E-state index in [-0.39, 0.29) is 24.2 Å². The molecule has 1 aromatic rings. The van der Waals surface area contributed by atoms with Crippen molar-refractivity contribution in [3.05, 3.63) is 35.4 Å². The van der Waals surface area contributed by atoms with Gasteiger partial charge >= 0.3 is 0 Å². The van der Waals surface area contributed by atoms with Crippen molar-refractivity contribution in [3.8, 4) is 0 Å². The SMILES string of the molecule is CC(=O)NCC(O)C(O)c1ccc(C(=O)C(C)C)cc1. The molecule has 1 rings (SSSR count). The molecule has 110 valence electrons. The third-order valence-electron chi connectivity index (χ3n) is 2.99. The van der Waals surface area contributed by atoms with E-state index in [4.69, 9.17) is 0 Å². The number of nitrogens with one attached hydrogen (secondary N) is 1. The number of hydrogen-bond donors (Lipinski definition) is 3. The largest absolute Gasteiger partial charge is 0.388 e. The van der Waals surface area contributed by atoms with Crippen LogP contribution in [0.1, 0.15) is 42.8 Å². The fraction of sp³-hybridized carbons (Fsp3) is 0.467. The van der Waals surface area contributed by atoms with Gasteiger partial charge in [-0.15, -0.1) is 0 Å². The molecular weight excluding hydrogens is 258 g/mol. The molecule has 1 amide bonds. The predicted molar refractivity (Wildman–Crippen MR) is 75.3 cm³/mol. The maximum atomic E-state index is 11.8. The Bertz CT molecular complexity index is 467. The Morgan fingerprint density at radius 3 is 2.15 bits per heavy atom. The third-order valence-corrected chi connectivity index (χ3v) is 2.99. The molecule has 0 saturated heterocycles. The summed E-state index contributed by atoms with van der Waals surface area (Å²) in [5.41, 5.74) is 1.08. The molecule has 20 heavy (non-hydrogen) atoms. The topological polar surface area (TPSA) is 86.6 Å². The van der Waals surface area contributed by atoms with Crippen molar-refractivity contribution < 1.29 is 19.8 Å². The zero-order valence-electron chi connectivity index (χ0n) is 12.0. The molecule has 0 heterocycles. The van der Waals surface area contributed by atoms with Crippen molar-refractivity contribution in [2.45, 2.75) is 33.0 Å². The van der Waals surface area contributed by atoms with Crippen molar-refractivity contribution in [1.29, 1.82) is 0 Å². The van der Waals surface area contributed by atoms with Gasteiger partial charge in [-0.1, -0.05) is 38.1 Å². The lowest BCUT2D eigenvalue weighted by Crippen LogP contribution is -2.34. The van der Waals surface area contributed by atoms with Crippen LogP contribution in [0.25, 0.3) is 0 Å². The molecule has 5 nitrogen and oxygen atoms in total. The van der Waals surface area contributed by atoms with Gasteiger partial charge in [0.05, 0.1) is 0 Å². The Kier molecular flexibility index (Phi) is 5.85. The van der Waals surface area contributed by atoms with Crippen LogP contribution in [0, 0.1) is 5.92 Å². The molecule has 3 N–H and O–H groups in total. The smallest absolute Gasteiger partial charge is 0.216 e. The lowest BCUT2D eigenvalue weighted by atomic mass is 9.97. The molecule has 0 fully saturated rings. The van der Waals surface area contributed by atoms with Gasteiger partial charge in [-0.05, 0) is 5.56 Å². The average Bonchev–Trinajstić information content (AvgIpc) is 2.43. The first-order valence-electron chi connectivity index (χ1n) is 6.57. The van der Waals surface area contributed by atoms with Crippen molar-refractivity contribution in [1.82, 2.24) is 5.32 Å². The Labute approximate surface area is 118 Å². The number of ketones is 1. The second-order valence-corrected chi connectivity index (χ2v) is 5.09. The van der Waals surface area contributed by atoms with Gasteiger partial charge < -0.3 is 15.5 Å². The van der Waals surface area contributed by atoms with E-state index in [2.05, 4.69) is 5.32 Å². The lowest BCUT2D eigenvalue weighted by molar-refractivity contribution is -0.119. The minimum absolute atomic E-state index is 0.0246. The van der Waals surface area contributed by atoms with Crippen LogP contribution in [0.2, 0.25) is 0 Å². The summed E-state index contributed by atoms with van der Waals surface area (Å²) < 4.78 is 0. The highest BCUT2D eigenvalue weighted by Gasteiger charge is 2.19. The van der Waals surface area contributed by atoms with Crippen molar-refractivity contribution in [2.75, 3.05) is 6.54 Å². The molecule has 0 spiro atoms. The van der Waals surface area contributed by atoms with Gasteiger partial charge in [0.2, 0.25) is 5.91 Å². The average molecular weight is 279 g/mol. The van der Waals surface area contributed by atoms with Crippen LogP contribution in [0.5, 0.6) is 0 Å². The van der Waals surface area contributed by atoms with Gasteiger partial charge in [0, 0.05) is 24.9 Å². The lowest BCUT2D eigenvalue weighted by Gasteiger charge is -2.18. The van der Waals surface area contributed by atoms with Gasteiger partial charge in [0.15, 0.2) is 5.78 Å². The summed E-state index contributed by atoms with van der Waals surface area (Å²) in [6.45, 7) is 4.96. The van der Waals surface area contributed by atoms with E-state index in [1.807, 2.05) is 13.8 Å². The quantitative estimate of drug-likeness (QED) is 0.679. The standard InChI is InChI=1S/C15H21NO4/c1-9(2)14(19)11-4-6-12(7-5-11)15(20)13(18)8-16-10(3)17/h4-7,9,13,15,18,20H,8H2,1-3H3,(H,16,17).